The molecule has 0 bridgehead atoms. The SMILES string of the molecule is COc1ccc(-n2c(C(CCCN)N(CCN(C)C)C(=O)Cc3ccc(Cl)c(Cl)c3)nc3ccccc3c2=O)cc1. The van der Waals surface area contributed by atoms with Gasteiger partial charge < -0.3 is 20.3 Å². The summed E-state index contributed by atoms with van der Waals surface area (Å²) in [6.45, 7) is 1.47. The van der Waals surface area contributed by atoms with E-state index in [0.717, 1.165) is 5.56 Å². The van der Waals surface area contributed by atoms with Gasteiger partial charge in [0.05, 0.1) is 46.2 Å². The number of rotatable bonds is 12. The Morgan fingerprint density at radius 1 is 1.02 bits per heavy atom. The fourth-order valence-corrected chi connectivity index (χ4v) is 5.10. The van der Waals surface area contributed by atoms with E-state index in [1.807, 2.05) is 54.2 Å². The van der Waals surface area contributed by atoms with Gasteiger partial charge in [-0.3, -0.25) is 14.2 Å². The Bertz CT molecular complexity index is 1560. The number of nitrogens with zero attached hydrogens (tertiary/aromatic N) is 4. The lowest BCUT2D eigenvalue weighted by atomic mass is 10.0. The van der Waals surface area contributed by atoms with Crippen LogP contribution in [0.5, 0.6) is 5.75 Å². The summed E-state index contributed by atoms with van der Waals surface area (Å²) in [5.74, 6) is 1.03. The average Bonchev–Trinajstić information content (AvgIpc) is 2.96. The third-order valence-electron chi connectivity index (χ3n) is 6.94. The molecule has 8 nitrogen and oxygen atoms in total. The van der Waals surface area contributed by atoms with Gasteiger partial charge in [0.25, 0.3) is 5.56 Å². The van der Waals surface area contributed by atoms with Crippen molar-refractivity contribution in [2.75, 3.05) is 40.8 Å². The molecule has 1 unspecified atom stereocenters. The molecule has 4 rings (SSSR count). The number of hydrogen-bond acceptors (Lipinski definition) is 6. The second-order valence-corrected chi connectivity index (χ2v) is 10.9. The van der Waals surface area contributed by atoms with Crippen LogP contribution in [0.15, 0.2) is 71.5 Å². The number of amides is 1. The maximum absolute atomic E-state index is 14.0. The minimum Gasteiger partial charge on any atom is -0.497 e. The molecule has 0 fully saturated rings. The summed E-state index contributed by atoms with van der Waals surface area (Å²) in [5, 5.41) is 1.31. The van der Waals surface area contributed by atoms with E-state index in [-0.39, 0.29) is 17.9 Å². The largest absolute Gasteiger partial charge is 0.497 e. The summed E-state index contributed by atoms with van der Waals surface area (Å²) in [6, 6.07) is 19.2. The van der Waals surface area contributed by atoms with Gasteiger partial charge in [0, 0.05) is 13.1 Å². The van der Waals surface area contributed by atoms with Crippen LogP contribution in [0.1, 0.15) is 30.3 Å². The summed E-state index contributed by atoms with van der Waals surface area (Å²) < 4.78 is 6.95. The summed E-state index contributed by atoms with van der Waals surface area (Å²) >= 11 is 12.4. The molecule has 0 radical (unpaired) electrons. The topological polar surface area (TPSA) is 93.7 Å². The van der Waals surface area contributed by atoms with Gasteiger partial charge in [-0.15, -0.1) is 0 Å². The van der Waals surface area contributed by atoms with Crippen molar-refractivity contribution in [1.29, 1.82) is 0 Å². The molecule has 0 aliphatic rings. The Morgan fingerprint density at radius 3 is 2.41 bits per heavy atom. The molecule has 1 heterocycles. The van der Waals surface area contributed by atoms with Crippen LogP contribution < -0.4 is 16.0 Å². The Labute approximate surface area is 250 Å². The van der Waals surface area contributed by atoms with Gasteiger partial charge >= 0.3 is 0 Å². The highest BCUT2D eigenvalue weighted by Gasteiger charge is 2.30. The Hall–Kier alpha value is -3.43. The first-order valence-electron chi connectivity index (χ1n) is 13.5. The van der Waals surface area contributed by atoms with Crippen molar-refractivity contribution in [3.8, 4) is 11.4 Å². The standard InChI is InChI=1S/C31H35Cl2N5O3/c1-36(2)17-18-37(29(39)20-21-10-15-25(32)26(33)19-21)28(9-6-16-34)30-35-27-8-5-4-7-24(27)31(40)38(30)22-11-13-23(41-3)14-12-22/h4-5,7-8,10-15,19,28H,6,9,16-18,20,34H2,1-3H3. The molecule has 4 aromatic rings. The monoisotopic (exact) mass is 595 g/mol. The number of aromatic nitrogens is 2. The van der Waals surface area contributed by atoms with Crippen LogP contribution in [-0.2, 0) is 11.2 Å². The first-order chi connectivity index (χ1) is 19.7. The van der Waals surface area contributed by atoms with Crippen LogP contribution in [0.4, 0.5) is 0 Å². The van der Waals surface area contributed by atoms with Crippen LogP contribution in [0, 0.1) is 0 Å². The number of ether oxygens (including phenoxy) is 1. The maximum Gasteiger partial charge on any atom is 0.266 e. The average molecular weight is 597 g/mol. The number of likely N-dealkylation sites (N-methyl/N-ethyl adjacent to an activating group) is 1. The molecule has 0 aliphatic heterocycles. The van der Waals surface area contributed by atoms with E-state index in [9.17, 15) is 9.59 Å². The van der Waals surface area contributed by atoms with Gasteiger partial charge in [-0.1, -0.05) is 41.4 Å². The van der Waals surface area contributed by atoms with Crippen molar-refractivity contribution in [1.82, 2.24) is 19.4 Å². The van der Waals surface area contributed by atoms with Gasteiger partial charge in [0.2, 0.25) is 5.91 Å². The van der Waals surface area contributed by atoms with Gasteiger partial charge in [-0.05, 0) is 87.6 Å². The van der Waals surface area contributed by atoms with Gasteiger partial charge in [-0.25, -0.2) is 4.98 Å². The lowest BCUT2D eigenvalue weighted by Gasteiger charge is -2.34. The summed E-state index contributed by atoms with van der Waals surface area (Å²) in [5.41, 5.74) is 7.70. The Kier molecular flexibility index (Phi) is 10.4. The zero-order chi connectivity index (χ0) is 29.5. The lowest BCUT2D eigenvalue weighted by Crippen LogP contribution is -2.42. The van der Waals surface area contributed by atoms with Crippen molar-refractivity contribution >= 4 is 40.0 Å². The van der Waals surface area contributed by atoms with E-state index in [2.05, 4.69) is 0 Å². The number of benzene rings is 3. The molecular weight excluding hydrogens is 561 g/mol. The summed E-state index contributed by atoms with van der Waals surface area (Å²) in [4.78, 5) is 36.9. The lowest BCUT2D eigenvalue weighted by molar-refractivity contribution is -0.133. The molecule has 2 N–H and O–H groups in total. The minimum absolute atomic E-state index is 0.115. The summed E-state index contributed by atoms with van der Waals surface area (Å²) in [7, 11) is 5.51. The number of para-hydroxylation sites is 1. The molecule has 1 amide bonds. The number of fused-ring (bicyclic) bond motifs is 1. The molecule has 216 valence electrons. The van der Waals surface area contributed by atoms with Crippen LogP contribution in [0.3, 0.4) is 0 Å². The second-order valence-electron chi connectivity index (χ2n) is 10.1. The van der Waals surface area contributed by atoms with E-state index >= 15 is 0 Å². The van der Waals surface area contributed by atoms with Gasteiger partial charge in [0.1, 0.15) is 11.6 Å². The quantitative estimate of drug-likeness (QED) is 0.244. The van der Waals surface area contributed by atoms with Crippen molar-refractivity contribution in [3.63, 3.8) is 0 Å². The molecule has 41 heavy (non-hydrogen) atoms. The van der Waals surface area contributed by atoms with Crippen LogP contribution in [0.25, 0.3) is 16.6 Å². The minimum atomic E-state index is -0.520. The van der Waals surface area contributed by atoms with Crippen molar-refractivity contribution in [2.45, 2.75) is 25.3 Å². The smallest absolute Gasteiger partial charge is 0.266 e. The predicted octanol–water partition coefficient (Wildman–Crippen LogP) is 5.11. The fraction of sp³-hybridized carbons (Fsp3) is 0.323. The van der Waals surface area contributed by atoms with E-state index in [4.69, 9.17) is 38.7 Å². The molecule has 0 saturated carbocycles. The van der Waals surface area contributed by atoms with Gasteiger partial charge in [0.15, 0.2) is 0 Å². The Morgan fingerprint density at radius 2 is 1.76 bits per heavy atom. The zero-order valence-corrected chi connectivity index (χ0v) is 25.0. The third kappa shape index (κ3) is 7.26. The second kappa shape index (κ2) is 14.0. The molecule has 0 saturated heterocycles. The number of halogens is 2. The molecule has 1 aromatic heterocycles. The van der Waals surface area contributed by atoms with E-state index < -0.39 is 6.04 Å². The van der Waals surface area contributed by atoms with Crippen molar-refractivity contribution in [2.24, 2.45) is 5.73 Å². The molecule has 0 aliphatic carbocycles. The predicted molar refractivity (Wildman–Crippen MR) is 165 cm³/mol. The number of carbonyl (C=O) groups excluding carboxylic acids is 1. The molecule has 0 spiro atoms. The number of carbonyl (C=O) groups is 1. The Balaban J connectivity index is 1.89. The van der Waals surface area contributed by atoms with E-state index in [1.165, 1.54) is 0 Å². The highest BCUT2D eigenvalue weighted by atomic mass is 35.5. The van der Waals surface area contributed by atoms with Crippen molar-refractivity contribution in [3.05, 3.63) is 98.5 Å². The zero-order valence-electron chi connectivity index (χ0n) is 23.5. The van der Waals surface area contributed by atoms with Gasteiger partial charge in [-0.2, -0.15) is 0 Å². The highest BCUT2D eigenvalue weighted by molar-refractivity contribution is 6.42. The highest BCUT2D eigenvalue weighted by Crippen LogP contribution is 2.29. The molecular formula is C31H35Cl2N5O3. The number of hydrogen-bond donors (Lipinski definition) is 1. The van der Waals surface area contributed by atoms with Crippen LogP contribution in [0.2, 0.25) is 10.0 Å². The van der Waals surface area contributed by atoms with Crippen molar-refractivity contribution < 1.29 is 9.53 Å². The van der Waals surface area contributed by atoms with Crippen LogP contribution >= 0.6 is 23.2 Å². The fourth-order valence-electron chi connectivity index (χ4n) is 4.78. The van der Waals surface area contributed by atoms with E-state index in [0.29, 0.717) is 70.7 Å². The van der Waals surface area contributed by atoms with E-state index in [1.54, 1.807) is 48.1 Å². The first-order valence-corrected chi connectivity index (χ1v) is 14.2. The third-order valence-corrected chi connectivity index (χ3v) is 7.68. The summed E-state index contributed by atoms with van der Waals surface area (Å²) in [6.07, 6.45) is 1.27. The molecule has 10 heteroatoms. The molecule has 1 atom stereocenters. The maximum atomic E-state index is 14.0. The van der Waals surface area contributed by atoms with Crippen LogP contribution in [-0.4, -0.2) is 66.1 Å². The number of methoxy groups -OCH3 is 1. The normalized spacial score (nSPS) is 12.1. The number of nitrogens with two attached hydrogens (primary N) is 1. The molecule has 3 aromatic carbocycles. The first kappa shape index (κ1) is 30.5.